The van der Waals surface area contributed by atoms with Gasteiger partial charge in [-0.1, -0.05) is 43.0 Å². The minimum atomic E-state index is -5.08. The van der Waals surface area contributed by atoms with Gasteiger partial charge in [-0.15, -0.1) is 0 Å². The molecule has 40 heavy (non-hydrogen) atoms. The average molecular weight is 582 g/mol. The van der Waals surface area contributed by atoms with Crippen molar-refractivity contribution in [2.45, 2.75) is 57.2 Å². The Bertz CT molecular complexity index is 1190. The van der Waals surface area contributed by atoms with Crippen LogP contribution in [0.25, 0.3) is 0 Å². The molecule has 1 saturated heterocycles. The third-order valence-corrected chi connectivity index (χ3v) is 7.18. The van der Waals surface area contributed by atoms with E-state index in [1.807, 2.05) is 4.90 Å². The molecule has 0 atom stereocenters. The summed E-state index contributed by atoms with van der Waals surface area (Å²) in [5.74, 6) is -2.98. The summed E-state index contributed by atoms with van der Waals surface area (Å²) in [5, 5.41) is 13.5. The predicted octanol–water partition coefficient (Wildman–Crippen LogP) is 5.53. The number of carbonyl (C=O) groups is 4. The van der Waals surface area contributed by atoms with Crippen molar-refractivity contribution in [3.63, 3.8) is 0 Å². The molecule has 2 fully saturated rings. The van der Waals surface area contributed by atoms with Gasteiger partial charge >= 0.3 is 12.1 Å². The molecule has 2 aromatic rings. The van der Waals surface area contributed by atoms with Crippen LogP contribution in [0.2, 0.25) is 5.02 Å². The lowest BCUT2D eigenvalue weighted by atomic mass is 9.92. The largest absolute Gasteiger partial charge is 0.490 e. The van der Waals surface area contributed by atoms with Gasteiger partial charge in [0, 0.05) is 36.3 Å². The Hall–Kier alpha value is -3.60. The lowest BCUT2D eigenvalue weighted by Gasteiger charge is -2.33. The number of carboxylic acid groups (broad SMARTS) is 1. The Morgan fingerprint density at radius 2 is 1.45 bits per heavy atom. The van der Waals surface area contributed by atoms with Crippen LogP contribution in [0.15, 0.2) is 48.5 Å². The summed E-state index contributed by atoms with van der Waals surface area (Å²) < 4.78 is 31.7. The quantitative estimate of drug-likeness (QED) is 0.430. The second-order valence-electron chi connectivity index (χ2n) is 9.72. The van der Waals surface area contributed by atoms with Crippen LogP contribution in [0.3, 0.4) is 0 Å². The molecule has 0 aromatic heterocycles. The zero-order valence-corrected chi connectivity index (χ0v) is 22.4. The molecule has 1 aliphatic carbocycles. The highest BCUT2D eigenvalue weighted by atomic mass is 35.5. The first kappa shape index (κ1) is 30.9. The molecule has 1 saturated carbocycles. The lowest BCUT2D eigenvalue weighted by Crippen LogP contribution is -2.45. The van der Waals surface area contributed by atoms with Crippen molar-refractivity contribution < 1.29 is 37.5 Å². The number of aliphatic carboxylic acids is 1. The van der Waals surface area contributed by atoms with Gasteiger partial charge in [-0.05, 0) is 62.1 Å². The van der Waals surface area contributed by atoms with E-state index in [1.165, 1.54) is 19.3 Å². The van der Waals surface area contributed by atoms with Crippen LogP contribution in [0.5, 0.6) is 0 Å². The SMILES string of the molecule is O=C(Nc1ccc(C(=O)N2CCC(C(=O)NC3CCCCC3)CC2)cc1)c1ccccc1Cl.O=C(O)C(F)(F)F. The Morgan fingerprint density at radius 1 is 0.875 bits per heavy atom. The normalized spacial score (nSPS) is 16.4. The fourth-order valence-electron chi connectivity index (χ4n) is 4.63. The van der Waals surface area contributed by atoms with Gasteiger partial charge in [-0.25, -0.2) is 4.79 Å². The second-order valence-corrected chi connectivity index (χ2v) is 10.1. The molecule has 0 spiro atoms. The number of nitrogens with one attached hydrogen (secondary N) is 2. The van der Waals surface area contributed by atoms with Crippen molar-refractivity contribution in [2.24, 2.45) is 5.92 Å². The molecule has 2 aromatic carbocycles. The zero-order chi connectivity index (χ0) is 29.3. The van der Waals surface area contributed by atoms with Crippen molar-refractivity contribution in [2.75, 3.05) is 18.4 Å². The number of amides is 3. The van der Waals surface area contributed by atoms with Crippen LogP contribution in [-0.2, 0) is 9.59 Å². The van der Waals surface area contributed by atoms with E-state index in [1.54, 1.807) is 48.5 Å². The van der Waals surface area contributed by atoms with Gasteiger partial charge in [0.05, 0.1) is 10.6 Å². The maximum atomic E-state index is 12.9. The summed E-state index contributed by atoms with van der Waals surface area (Å²) in [5.41, 5.74) is 1.56. The Balaban J connectivity index is 0.000000559. The molecule has 216 valence electrons. The molecule has 0 unspecified atom stereocenters. The zero-order valence-electron chi connectivity index (χ0n) is 21.7. The molecule has 3 N–H and O–H groups in total. The van der Waals surface area contributed by atoms with E-state index in [0.717, 1.165) is 12.8 Å². The maximum Gasteiger partial charge on any atom is 0.490 e. The van der Waals surface area contributed by atoms with Crippen LogP contribution in [0.4, 0.5) is 18.9 Å². The molecule has 0 bridgehead atoms. The molecular formula is C28H31ClF3N3O5. The third-order valence-electron chi connectivity index (χ3n) is 6.86. The Kier molecular flexibility index (Phi) is 10.9. The van der Waals surface area contributed by atoms with E-state index in [4.69, 9.17) is 21.5 Å². The van der Waals surface area contributed by atoms with E-state index in [2.05, 4.69) is 10.6 Å². The Labute approximate surface area is 234 Å². The van der Waals surface area contributed by atoms with Crippen molar-refractivity contribution in [1.82, 2.24) is 10.2 Å². The predicted molar refractivity (Wildman–Crippen MR) is 143 cm³/mol. The summed E-state index contributed by atoms with van der Waals surface area (Å²) in [6, 6.07) is 14.0. The number of nitrogens with zero attached hydrogens (tertiary/aromatic N) is 1. The number of piperidine rings is 1. The van der Waals surface area contributed by atoms with Gasteiger partial charge in [-0.3, -0.25) is 14.4 Å². The van der Waals surface area contributed by atoms with Crippen molar-refractivity contribution >= 4 is 41.0 Å². The minimum absolute atomic E-state index is 0.0154. The fraction of sp³-hybridized carbons (Fsp3) is 0.429. The van der Waals surface area contributed by atoms with Gasteiger partial charge in [0.25, 0.3) is 11.8 Å². The summed E-state index contributed by atoms with van der Waals surface area (Å²) in [6.45, 7) is 1.15. The number of carboxylic acids is 1. The molecule has 12 heteroatoms. The van der Waals surface area contributed by atoms with Crippen molar-refractivity contribution in [1.29, 1.82) is 0 Å². The number of hydrogen-bond acceptors (Lipinski definition) is 4. The van der Waals surface area contributed by atoms with Crippen LogP contribution in [0, 0.1) is 5.92 Å². The number of hydrogen-bond donors (Lipinski definition) is 3. The number of anilines is 1. The number of alkyl halides is 3. The standard InChI is InChI=1S/C26H30ClN3O3.C2HF3O2/c27-23-9-5-4-8-22(23)25(32)29-21-12-10-19(11-13-21)26(33)30-16-14-18(15-17-30)24(31)28-20-6-2-1-3-7-20;3-2(4,5)1(6)7/h4-5,8-13,18,20H,1-3,6-7,14-17H2,(H,28,31)(H,29,32);(H,6,7). The topological polar surface area (TPSA) is 116 Å². The monoisotopic (exact) mass is 581 g/mol. The molecule has 8 nitrogen and oxygen atoms in total. The van der Waals surface area contributed by atoms with E-state index in [0.29, 0.717) is 53.8 Å². The van der Waals surface area contributed by atoms with E-state index in [9.17, 15) is 27.6 Å². The van der Waals surface area contributed by atoms with Crippen LogP contribution < -0.4 is 10.6 Å². The van der Waals surface area contributed by atoms with Gasteiger partial charge in [0.15, 0.2) is 0 Å². The molecule has 3 amide bonds. The fourth-order valence-corrected chi connectivity index (χ4v) is 4.85. The highest BCUT2D eigenvalue weighted by molar-refractivity contribution is 6.34. The number of benzene rings is 2. The number of rotatable bonds is 5. The van der Waals surface area contributed by atoms with E-state index < -0.39 is 12.1 Å². The third kappa shape index (κ3) is 8.97. The average Bonchev–Trinajstić information content (AvgIpc) is 2.94. The van der Waals surface area contributed by atoms with E-state index in [-0.39, 0.29) is 23.6 Å². The van der Waals surface area contributed by atoms with Gasteiger partial charge in [0.1, 0.15) is 0 Å². The van der Waals surface area contributed by atoms with Gasteiger partial charge in [-0.2, -0.15) is 13.2 Å². The second kappa shape index (κ2) is 14.2. The highest BCUT2D eigenvalue weighted by Crippen LogP contribution is 2.23. The van der Waals surface area contributed by atoms with Crippen molar-refractivity contribution in [3.8, 4) is 0 Å². The van der Waals surface area contributed by atoms with Crippen molar-refractivity contribution in [3.05, 3.63) is 64.7 Å². The van der Waals surface area contributed by atoms with Gasteiger partial charge < -0.3 is 20.6 Å². The van der Waals surface area contributed by atoms with Crippen LogP contribution in [-0.4, -0.2) is 59.0 Å². The summed E-state index contributed by atoms with van der Waals surface area (Å²) in [7, 11) is 0. The summed E-state index contributed by atoms with van der Waals surface area (Å²) in [6.07, 6.45) is 2.12. The van der Waals surface area contributed by atoms with E-state index >= 15 is 0 Å². The van der Waals surface area contributed by atoms with Crippen LogP contribution >= 0.6 is 11.6 Å². The van der Waals surface area contributed by atoms with Crippen LogP contribution in [0.1, 0.15) is 65.7 Å². The molecule has 4 rings (SSSR count). The number of carbonyl (C=O) groups excluding carboxylic acids is 3. The first-order valence-corrected chi connectivity index (χ1v) is 13.4. The first-order valence-electron chi connectivity index (χ1n) is 13.0. The Morgan fingerprint density at radius 3 is 2.00 bits per heavy atom. The molecule has 1 heterocycles. The smallest absolute Gasteiger partial charge is 0.475 e. The number of halogens is 4. The summed E-state index contributed by atoms with van der Waals surface area (Å²) in [4.78, 5) is 48.6. The summed E-state index contributed by atoms with van der Waals surface area (Å²) >= 11 is 6.08. The molecule has 0 radical (unpaired) electrons. The lowest BCUT2D eigenvalue weighted by molar-refractivity contribution is -0.192. The van der Waals surface area contributed by atoms with Gasteiger partial charge in [0.2, 0.25) is 5.91 Å². The first-order chi connectivity index (χ1) is 19.0. The number of likely N-dealkylation sites (tertiary alicyclic amines) is 1. The molecular weight excluding hydrogens is 551 g/mol. The maximum absolute atomic E-state index is 12.9. The highest BCUT2D eigenvalue weighted by Gasteiger charge is 2.38. The molecule has 2 aliphatic rings. The minimum Gasteiger partial charge on any atom is -0.475 e. The molecule has 1 aliphatic heterocycles.